The molecule has 2 aromatic carbocycles. The maximum Gasteiger partial charge on any atom is 0.418 e. The van der Waals surface area contributed by atoms with Gasteiger partial charge < -0.3 is 29.7 Å². The van der Waals surface area contributed by atoms with Crippen LogP contribution in [-0.4, -0.2) is 88.8 Å². The number of piperidine rings is 1. The predicted octanol–water partition coefficient (Wildman–Crippen LogP) is 4.53. The first-order valence-electron chi connectivity index (χ1n) is 16.1. The molecule has 2 fully saturated rings. The monoisotopic (exact) mass is 713 g/mol. The number of likely N-dealkylation sites (tertiary alicyclic amines) is 1. The smallest absolute Gasteiger partial charge is 0.418 e. The fourth-order valence-corrected chi connectivity index (χ4v) is 6.94. The number of para-hydroxylation sites is 1. The highest BCUT2D eigenvalue weighted by molar-refractivity contribution is 6.33. The molecule has 0 unspecified atom stereocenters. The van der Waals surface area contributed by atoms with Crippen LogP contribution in [-0.2, 0) is 22.1 Å². The van der Waals surface area contributed by atoms with Crippen molar-refractivity contribution in [3.8, 4) is 0 Å². The molecule has 0 spiro atoms. The third-order valence-corrected chi connectivity index (χ3v) is 9.49. The van der Waals surface area contributed by atoms with Gasteiger partial charge in [-0.05, 0) is 54.8 Å². The van der Waals surface area contributed by atoms with Crippen LogP contribution in [0.5, 0.6) is 0 Å². The molecule has 0 aliphatic carbocycles. The highest BCUT2D eigenvalue weighted by Gasteiger charge is 2.37. The Morgan fingerprint density at radius 1 is 1.00 bits per heavy atom. The van der Waals surface area contributed by atoms with Crippen LogP contribution in [0, 0.1) is 0 Å². The van der Waals surface area contributed by atoms with Crippen molar-refractivity contribution in [2.75, 3.05) is 56.5 Å². The number of nitrogens with zero attached hydrogens (tertiary/aromatic N) is 5. The van der Waals surface area contributed by atoms with E-state index in [2.05, 4.69) is 20.2 Å². The third-order valence-electron chi connectivity index (χ3n) is 9.19. The van der Waals surface area contributed by atoms with Crippen LogP contribution in [0.25, 0.3) is 10.9 Å². The van der Waals surface area contributed by atoms with Crippen molar-refractivity contribution in [3.63, 3.8) is 0 Å². The van der Waals surface area contributed by atoms with Crippen LogP contribution in [0.4, 0.5) is 29.3 Å². The number of fused-ring (bicyclic) bond motifs is 1. The van der Waals surface area contributed by atoms with Crippen LogP contribution >= 0.6 is 11.6 Å². The second kappa shape index (κ2) is 14.4. The van der Waals surface area contributed by atoms with Gasteiger partial charge in [0.25, 0.3) is 11.5 Å². The fraction of sp³-hybridized carbons (Fsp3) is 0.382. The normalized spacial score (nSPS) is 16.4. The lowest BCUT2D eigenvalue weighted by molar-refractivity contribution is -0.141. The number of nitrogens with one attached hydrogen (secondary N) is 2. The van der Waals surface area contributed by atoms with Gasteiger partial charge in [-0.2, -0.15) is 13.2 Å². The lowest BCUT2D eigenvalue weighted by atomic mass is 10.0. The Morgan fingerprint density at radius 3 is 2.34 bits per heavy atom. The summed E-state index contributed by atoms with van der Waals surface area (Å²) >= 11 is 6.24. The Labute approximate surface area is 289 Å². The average Bonchev–Trinajstić information content (AvgIpc) is 3.11. The van der Waals surface area contributed by atoms with E-state index in [1.807, 2.05) is 12.1 Å². The van der Waals surface area contributed by atoms with Crippen molar-refractivity contribution in [1.82, 2.24) is 24.3 Å². The maximum absolute atomic E-state index is 14.0. The van der Waals surface area contributed by atoms with Gasteiger partial charge in [0.15, 0.2) is 6.10 Å². The summed E-state index contributed by atoms with van der Waals surface area (Å²) in [4.78, 5) is 65.2. The third kappa shape index (κ3) is 7.27. The Hall–Kier alpha value is -5.05. The molecule has 4 heterocycles. The number of anilines is 2. The first-order valence-corrected chi connectivity index (χ1v) is 16.5. The molecular formula is C34H35ClF3N7O5. The zero-order chi connectivity index (χ0) is 35.6. The lowest BCUT2D eigenvalue weighted by Crippen LogP contribution is -2.53. The van der Waals surface area contributed by atoms with E-state index in [0.29, 0.717) is 37.1 Å². The van der Waals surface area contributed by atoms with Gasteiger partial charge in [0.2, 0.25) is 0 Å². The lowest BCUT2D eigenvalue weighted by Gasteiger charge is -2.38. The Balaban J connectivity index is 1.20. The minimum Gasteiger partial charge on any atom is -0.436 e. The van der Waals surface area contributed by atoms with Gasteiger partial charge in [0.05, 0.1) is 27.2 Å². The van der Waals surface area contributed by atoms with E-state index in [1.165, 1.54) is 27.5 Å². The van der Waals surface area contributed by atoms with E-state index in [4.69, 9.17) is 16.3 Å². The number of piperazine rings is 1. The van der Waals surface area contributed by atoms with Gasteiger partial charge in [0, 0.05) is 76.9 Å². The van der Waals surface area contributed by atoms with Gasteiger partial charge >= 0.3 is 18.0 Å². The molecule has 50 heavy (non-hydrogen) atoms. The second-order valence-corrected chi connectivity index (χ2v) is 12.6. The van der Waals surface area contributed by atoms with Crippen molar-refractivity contribution in [2.45, 2.75) is 37.6 Å². The van der Waals surface area contributed by atoms with Crippen LogP contribution in [0.3, 0.4) is 0 Å². The number of H-pyrrole nitrogens is 1. The van der Waals surface area contributed by atoms with Gasteiger partial charge in [-0.25, -0.2) is 9.59 Å². The van der Waals surface area contributed by atoms with Crippen LogP contribution in [0.15, 0.2) is 70.5 Å². The number of rotatable bonds is 7. The quantitative estimate of drug-likeness (QED) is 0.286. The van der Waals surface area contributed by atoms with Crippen molar-refractivity contribution < 1.29 is 27.5 Å². The van der Waals surface area contributed by atoms with Crippen molar-refractivity contribution in [1.29, 1.82) is 0 Å². The number of hydrogen-bond acceptors (Lipinski definition) is 8. The minimum atomic E-state index is -4.74. The number of ether oxygens (including phenoxy) is 1. The summed E-state index contributed by atoms with van der Waals surface area (Å²) in [6.45, 7) is 1.80. The summed E-state index contributed by atoms with van der Waals surface area (Å²) in [6.07, 6.45) is -3.49. The molecule has 2 N–H and O–H groups in total. The van der Waals surface area contributed by atoms with E-state index in [0.717, 1.165) is 11.8 Å². The molecular weight excluding hydrogens is 679 g/mol. The summed E-state index contributed by atoms with van der Waals surface area (Å²) < 4.78 is 48.9. The molecule has 2 aromatic heterocycles. The zero-order valence-corrected chi connectivity index (χ0v) is 27.8. The molecule has 2 amide bonds. The Bertz CT molecular complexity index is 1990. The predicted molar refractivity (Wildman–Crippen MR) is 182 cm³/mol. The number of pyridine rings is 1. The summed E-state index contributed by atoms with van der Waals surface area (Å²) in [7, 11) is 1.32. The first-order chi connectivity index (χ1) is 23.9. The largest absolute Gasteiger partial charge is 0.436 e. The summed E-state index contributed by atoms with van der Waals surface area (Å²) in [5.41, 5.74) is -0.860. The molecule has 6 rings (SSSR count). The molecule has 2 aliphatic heterocycles. The van der Waals surface area contributed by atoms with Crippen molar-refractivity contribution in [2.24, 2.45) is 0 Å². The van der Waals surface area contributed by atoms with E-state index >= 15 is 0 Å². The van der Waals surface area contributed by atoms with E-state index in [1.54, 1.807) is 36.7 Å². The highest BCUT2D eigenvalue weighted by atomic mass is 35.5. The molecule has 1 atom stereocenters. The van der Waals surface area contributed by atoms with Gasteiger partial charge in [0.1, 0.15) is 0 Å². The maximum atomic E-state index is 14.0. The number of hydrogen-bond donors (Lipinski definition) is 2. The molecule has 4 aromatic rings. The number of halogens is 4. The standard InChI is InChI=1S/C34H35ClF3N7O5/c1-39-29-25(34(36,37)38)18-21(19-26(29)35)20-28(31(47)43-16-14-42(15-17-43)22-6-10-40-11-7-22)50-33(49)44-12-8-23(9-13-44)45-30(46)24-4-2-3-5-27(24)41-32(45)48/h2-7,10-11,18-19,23,28,39H,8-9,12-17,20H2,1H3,(H,41,48)/t28-/m1/s1. The molecule has 12 nitrogen and oxygen atoms in total. The molecule has 0 radical (unpaired) electrons. The summed E-state index contributed by atoms with van der Waals surface area (Å²) in [6, 6.07) is 12.1. The van der Waals surface area contributed by atoms with E-state index < -0.39 is 47.1 Å². The summed E-state index contributed by atoms with van der Waals surface area (Å²) in [5, 5.41) is 2.65. The molecule has 2 aliphatic rings. The summed E-state index contributed by atoms with van der Waals surface area (Å²) in [5.74, 6) is -0.542. The second-order valence-electron chi connectivity index (χ2n) is 12.2. The minimum absolute atomic E-state index is 0.0662. The topological polar surface area (TPSA) is 133 Å². The fourth-order valence-electron chi connectivity index (χ4n) is 6.61. The van der Waals surface area contributed by atoms with Gasteiger partial charge in [-0.3, -0.25) is 19.1 Å². The Kier molecular flexibility index (Phi) is 10.0. The Morgan fingerprint density at radius 2 is 1.68 bits per heavy atom. The molecule has 0 saturated carbocycles. The molecule has 264 valence electrons. The molecule has 0 bridgehead atoms. The molecule has 2 saturated heterocycles. The highest BCUT2D eigenvalue weighted by Crippen LogP contribution is 2.40. The molecule has 16 heteroatoms. The van der Waals surface area contributed by atoms with Crippen LogP contribution < -0.4 is 21.5 Å². The number of carbonyl (C=O) groups excluding carboxylic acids is 2. The average molecular weight is 714 g/mol. The van der Waals surface area contributed by atoms with Crippen LogP contribution in [0.2, 0.25) is 5.02 Å². The van der Waals surface area contributed by atoms with Gasteiger partial charge in [-0.1, -0.05) is 23.7 Å². The van der Waals surface area contributed by atoms with Crippen LogP contribution in [0.1, 0.15) is 30.0 Å². The van der Waals surface area contributed by atoms with Gasteiger partial charge in [-0.15, -0.1) is 0 Å². The van der Waals surface area contributed by atoms with E-state index in [9.17, 15) is 32.3 Å². The van der Waals surface area contributed by atoms with E-state index in [-0.39, 0.29) is 48.6 Å². The number of aromatic amines is 1. The number of benzene rings is 2. The number of amides is 2. The first kappa shape index (κ1) is 34.8. The zero-order valence-electron chi connectivity index (χ0n) is 27.1. The SMILES string of the molecule is CNc1c(Cl)cc(C[C@@H](OC(=O)N2CCC(n3c(=O)[nH]c4ccccc4c3=O)CC2)C(=O)N2CCN(c3ccncc3)CC2)cc1C(F)(F)F. The van der Waals surface area contributed by atoms with Crippen molar-refractivity contribution >= 4 is 45.9 Å². The number of carbonyl (C=O) groups is 2. The van der Waals surface area contributed by atoms with Crippen molar-refractivity contribution in [3.05, 3.63) is 97.9 Å². The number of aromatic nitrogens is 3. The number of alkyl halides is 3.